The normalized spacial score (nSPS) is 10.2. The number of nitrogens with one attached hydrogen (secondary N) is 1. The number of aromatic amines is 1. The molecule has 16 heavy (non-hydrogen) atoms. The number of H-pyrrole nitrogens is 1. The Morgan fingerprint density at radius 3 is 2.81 bits per heavy atom. The van der Waals surface area contributed by atoms with Gasteiger partial charge in [0.1, 0.15) is 9.67 Å². The fourth-order valence-electron chi connectivity index (χ4n) is 1.23. The van der Waals surface area contributed by atoms with Crippen molar-refractivity contribution in [1.82, 2.24) is 9.97 Å². The van der Waals surface area contributed by atoms with Crippen LogP contribution in [-0.4, -0.2) is 9.97 Å². The molecule has 1 aromatic heterocycles. The maximum absolute atomic E-state index is 5.83. The Hall–Kier alpha value is -1.33. The molecule has 82 valence electrons. The Balaban J connectivity index is 2.11. The highest BCUT2D eigenvalue weighted by atomic mass is 32.2. The SMILES string of the molecule is Nc1c(SCc2ccccc2)nc[nH]c1=S. The van der Waals surface area contributed by atoms with E-state index in [1.54, 1.807) is 18.1 Å². The number of nitrogens with zero attached hydrogens (tertiary/aromatic N) is 1. The van der Waals surface area contributed by atoms with Crippen molar-refractivity contribution in [3.8, 4) is 0 Å². The first kappa shape index (κ1) is 11.2. The van der Waals surface area contributed by atoms with Crippen LogP contribution in [0.1, 0.15) is 5.56 Å². The average molecular weight is 249 g/mol. The molecule has 5 heteroatoms. The van der Waals surface area contributed by atoms with Gasteiger partial charge >= 0.3 is 0 Å². The van der Waals surface area contributed by atoms with Crippen molar-refractivity contribution in [3.63, 3.8) is 0 Å². The van der Waals surface area contributed by atoms with E-state index in [1.807, 2.05) is 18.2 Å². The van der Waals surface area contributed by atoms with Gasteiger partial charge in [0.05, 0.1) is 12.0 Å². The van der Waals surface area contributed by atoms with Crippen molar-refractivity contribution < 1.29 is 0 Å². The van der Waals surface area contributed by atoms with E-state index in [-0.39, 0.29) is 0 Å². The molecule has 2 rings (SSSR count). The summed E-state index contributed by atoms with van der Waals surface area (Å²) >= 11 is 6.63. The second-order valence-corrected chi connectivity index (χ2v) is 4.60. The van der Waals surface area contributed by atoms with Gasteiger partial charge in [-0.15, -0.1) is 0 Å². The Labute approximate surface area is 103 Å². The number of hydrogen-bond donors (Lipinski definition) is 2. The van der Waals surface area contributed by atoms with Crippen LogP contribution in [-0.2, 0) is 5.75 Å². The van der Waals surface area contributed by atoms with Crippen molar-refractivity contribution >= 4 is 29.7 Å². The molecular weight excluding hydrogens is 238 g/mol. The van der Waals surface area contributed by atoms with Crippen LogP contribution in [0, 0.1) is 4.64 Å². The van der Waals surface area contributed by atoms with Crippen molar-refractivity contribution in [3.05, 3.63) is 46.9 Å². The molecule has 0 saturated carbocycles. The molecule has 0 aliphatic carbocycles. The molecule has 2 aromatic rings. The van der Waals surface area contributed by atoms with E-state index in [2.05, 4.69) is 22.1 Å². The monoisotopic (exact) mass is 249 g/mol. The molecule has 3 nitrogen and oxygen atoms in total. The summed E-state index contributed by atoms with van der Waals surface area (Å²) in [6.45, 7) is 0. The predicted molar refractivity (Wildman–Crippen MR) is 69.8 cm³/mol. The third kappa shape index (κ3) is 2.62. The lowest BCUT2D eigenvalue weighted by Crippen LogP contribution is -1.95. The molecular formula is C11H11N3S2. The van der Waals surface area contributed by atoms with Gasteiger partial charge in [0.25, 0.3) is 0 Å². The molecule has 0 fully saturated rings. The highest BCUT2D eigenvalue weighted by Crippen LogP contribution is 2.25. The van der Waals surface area contributed by atoms with Crippen molar-refractivity contribution in [1.29, 1.82) is 0 Å². The Bertz CT molecular complexity index is 522. The summed E-state index contributed by atoms with van der Waals surface area (Å²) in [5.41, 5.74) is 7.63. The minimum Gasteiger partial charge on any atom is -0.394 e. The standard InChI is InChI=1S/C11H11N3S2/c12-9-10(15)13-7-14-11(9)16-6-8-4-2-1-3-5-8/h1-5,7H,6,12H2,(H,13,14,15). The third-order valence-electron chi connectivity index (χ3n) is 2.07. The summed E-state index contributed by atoms with van der Waals surface area (Å²) in [5, 5.41) is 0.785. The number of thioether (sulfide) groups is 1. The van der Waals surface area contributed by atoms with Gasteiger partial charge in [-0.2, -0.15) is 0 Å². The quantitative estimate of drug-likeness (QED) is 0.499. The van der Waals surface area contributed by atoms with Gasteiger partial charge in [-0.3, -0.25) is 0 Å². The summed E-state index contributed by atoms with van der Waals surface area (Å²) in [6.07, 6.45) is 1.58. The third-order valence-corrected chi connectivity index (χ3v) is 3.49. The minimum atomic E-state index is 0.547. The largest absolute Gasteiger partial charge is 0.394 e. The Kier molecular flexibility index (Phi) is 3.58. The van der Waals surface area contributed by atoms with Crippen LogP contribution in [0.5, 0.6) is 0 Å². The molecule has 0 saturated heterocycles. The first-order valence-electron chi connectivity index (χ1n) is 4.77. The zero-order valence-corrected chi connectivity index (χ0v) is 10.1. The average Bonchev–Trinajstić information content (AvgIpc) is 2.32. The minimum absolute atomic E-state index is 0.547. The lowest BCUT2D eigenvalue weighted by Gasteiger charge is -2.03. The van der Waals surface area contributed by atoms with Crippen molar-refractivity contribution in [2.75, 3.05) is 5.73 Å². The van der Waals surface area contributed by atoms with E-state index in [0.717, 1.165) is 10.8 Å². The van der Waals surface area contributed by atoms with Crippen molar-refractivity contribution in [2.45, 2.75) is 10.8 Å². The first-order chi connectivity index (χ1) is 7.77. The summed E-state index contributed by atoms with van der Waals surface area (Å²) < 4.78 is 0.547. The summed E-state index contributed by atoms with van der Waals surface area (Å²) in [4.78, 5) is 6.97. The lowest BCUT2D eigenvalue weighted by atomic mass is 10.2. The van der Waals surface area contributed by atoms with E-state index >= 15 is 0 Å². The smallest absolute Gasteiger partial charge is 0.130 e. The molecule has 0 bridgehead atoms. The lowest BCUT2D eigenvalue weighted by molar-refractivity contribution is 1.04. The maximum Gasteiger partial charge on any atom is 0.130 e. The highest BCUT2D eigenvalue weighted by Gasteiger charge is 2.03. The van der Waals surface area contributed by atoms with Crippen LogP contribution in [0.15, 0.2) is 41.7 Å². The zero-order valence-electron chi connectivity index (χ0n) is 8.51. The Morgan fingerprint density at radius 2 is 2.06 bits per heavy atom. The van der Waals surface area contributed by atoms with E-state index in [0.29, 0.717) is 10.3 Å². The molecule has 1 aromatic carbocycles. The van der Waals surface area contributed by atoms with Crippen LogP contribution < -0.4 is 5.73 Å². The molecule has 3 N–H and O–H groups in total. The molecule has 0 unspecified atom stereocenters. The Morgan fingerprint density at radius 1 is 1.31 bits per heavy atom. The number of hydrogen-bond acceptors (Lipinski definition) is 4. The van der Waals surface area contributed by atoms with Crippen LogP contribution >= 0.6 is 24.0 Å². The van der Waals surface area contributed by atoms with Crippen LogP contribution in [0.3, 0.4) is 0 Å². The molecule has 0 aliphatic rings. The van der Waals surface area contributed by atoms with Gasteiger partial charge in [0.2, 0.25) is 0 Å². The number of rotatable bonds is 3. The van der Waals surface area contributed by atoms with Crippen LogP contribution in [0.25, 0.3) is 0 Å². The number of benzene rings is 1. The summed E-state index contributed by atoms with van der Waals surface area (Å²) in [5.74, 6) is 0.844. The predicted octanol–water partition coefficient (Wildman–Crippen LogP) is 3.01. The number of nitrogens with two attached hydrogens (primary N) is 1. The van der Waals surface area contributed by atoms with Crippen LogP contribution in [0.4, 0.5) is 5.69 Å². The van der Waals surface area contributed by atoms with Gasteiger partial charge in [-0.1, -0.05) is 54.3 Å². The first-order valence-corrected chi connectivity index (χ1v) is 6.16. The van der Waals surface area contributed by atoms with Gasteiger partial charge in [-0.25, -0.2) is 4.98 Å². The highest BCUT2D eigenvalue weighted by molar-refractivity contribution is 7.98. The molecule has 0 amide bonds. The van der Waals surface area contributed by atoms with E-state index in [9.17, 15) is 0 Å². The second kappa shape index (κ2) is 5.14. The fraction of sp³-hybridized carbons (Fsp3) is 0.0909. The molecule has 0 spiro atoms. The summed E-state index contributed by atoms with van der Waals surface area (Å²) in [7, 11) is 0. The number of nitrogen functional groups attached to an aromatic ring is 1. The second-order valence-electron chi connectivity index (χ2n) is 3.22. The fourth-order valence-corrected chi connectivity index (χ4v) is 2.33. The number of anilines is 1. The molecule has 1 heterocycles. The molecule has 0 atom stereocenters. The summed E-state index contributed by atoms with van der Waals surface area (Å²) in [6, 6.07) is 10.2. The molecule has 0 radical (unpaired) electrons. The maximum atomic E-state index is 5.83. The van der Waals surface area contributed by atoms with Gasteiger partial charge < -0.3 is 10.7 Å². The van der Waals surface area contributed by atoms with E-state index in [4.69, 9.17) is 18.0 Å². The molecule has 0 aliphatic heterocycles. The van der Waals surface area contributed by atoms with Gasteiger partial charge in [0, 0.05) is 5.75 Å². The van der Waals surface area contributed by atoms with Crippen molar-refractivity contribution in [2.24, 2.45) is 0 Å². The van der Waals surface area contributed by atoms with Gasteiger partial charge in [0.15, 0.2) is 0 Å². The van der Waals surface area contributed by atoms with E-state index < -0.39 is 0 Å². The van der Waals surface area contributed by atoms with E-state index in [1.165, 1.54) is 5.56 Å². The van der Waals surface area contributed by atoms with Crippen LogP contribution in [0.2, 0.25) is 0 Å². The number of aromatic nitrogens is 2. The van der Waals surface area contributed by atoms with Gasteiger partial charge in [-0.05, 0) is 5.56 Å². The zero-order chi connectivity index (χ0) is 11.4. The topological polar surface area (TPSA) is 54.7 Å².